The molecule has 1 unspecified atom stereocenters. The molecule has 1 rings (SSSR count). The summed E-state index contributed by atoms with van der Waals surface area (Å²) in [7, 11) is 0. The molecule has 0 bridgehead atoms. The van der Waals surface area contributed by atoms with Crippen LogP contribution in [0.3, 0.4) is 0 Å². The molecule has 0 aromatic heterocycles. The van der Waals surface area contributed by atoms with E-state index in [0.717, 1.165) is 26.1 Å². The van der Waals surface area contributed by atoms with Gasteiger partial charge in [-0.25, -0.2) is 5.01 Å². The molecule has 0 radical (unpaired) electrons. The fourth-order valence-electron chi connectivity index (χ4n) is 1.31. The van der Waals surface area contributed by atoms with Gasteiger partial charge in [-0.05, 0) is 13.0 Å². The van der Waals surface area contributed by atoms with E-state index in [0.29, 0.717) is 6.54 Å². The zero-order valence-electron chi connectivity index (χ0n) is 6.71. The minimum atomic E-state index is -0.437. The van der Waals surface area contributed by atoms with Crippen molar-refractivity contribution in [2.24, 2.45) is 17.3 Å². The highest BCUT2D eigenvalue weighted by Gasteiger charge is 2.31. The first-order valence-corrected chi connectivity index (χ1v) is 3.91. The third-order valence-corrected chi connectivity index (χ3v) is 2.11. The predicted octanol–water partition coefficient (Wildman–Crippen LogP) is -2.23. The summed E-state index contributed by atoms with van der Waals surface area (Å²) in [6.07, 6.45) is 0.733. The van der Waals surface area contributed by atoms with Gasteiger partial charge in [-0.1, -0.05) is 0 Å². The van der Waals surface area contributed by atoms with Crippen LogP contribution in [0.5, 0.6) is 0 Å². The van der Waals surface area contributed by atoms with Gasteiger partial charge in [-0.15, -0.1) is 0 Å². The van der Waals surface area contributed by atoms with Crippen LogP contribution in [-0.2, 0) is 0 Å². The molecule has 66 valence electrons. The van der Waals surface area contributed by atoms with Crippen LogP contribution in [0.15, 0.2) is 0 Å². The first-order chi connectivity index (χ1) is 5.19. The maximum absolute atomic E-state index is 5.97. The van der Waals surface area contributed by atoms with Crippen LogP contribution in [0.25, 0.3) is 0 Å². The van der Waals surface area contributed by atoms with Crippen molar-refractivity contribution in [1.29, 1.82) is 0 Å². The average Bonchev–Trinajstić information content (AvgIpc) is 1.96. The van der Waals surface area contributed by atoms with Crippen LogP contribution in [-0.4, -0.2) is 36.9 Å². The lowest BCUT2D eigenvalue weighted by atomic mass is 10.0. The van der Waals surface area contributed by atoms with Crippen molar-refractivity contribution in [1.82, 2.24) is 10.3 Å². The van der Waals surface area contributed by atoms with E-state index in [-0.39, 0.29) is 0 Å². The van der Waals surface area contributed by atoms with Crippen molar-refractivity contribution in [3.05, 3.63) is 0 Å². The second-order valence-electron chi connectivity index (χ2n) is 3.01. The van der Waals surface area contributed by atoms with E-state index in [9.17, 15) is 0 Å². The lowest BCUT2D eigenvalue weighted by molar-refractivity contribution is 0.0590. The van der Waals surface area contributed by atoms with Crippen molar-refractivity contribution < 1.29 is 0 Å². The number of hydrogen-bond acceptors (Lipinski definition) is 5. The number of nitrogens with two attached hydrogens (primary N) is 3. The highest BCUT2D eigenvalue weighted by atomic mass is 15.5. The molecule has 1 aliphatic rings. The van der Waals surface area contributed by atoms with Crippen LogP contribution in [0.2, 0.25) is 0 Å². The maximum atomic E-state index is 5.97. The van der Waals surface area contributed by atoms with Gasteiger partial charge in [0, 0.05) is 19.6 Å². The SMILES string of the molecule is NCCC1(N)CNCCN1N. The van der Waals surface area contributed by atoms with Crippen molar-refractivity contribution >= 4 is 0 Å². The van der Waals surface area contributed by atoms with Gasteiger partial charge < -0.3 is 16.8 Å². The molecule has 0 spiro atoms. The Morgan fingerprint density at radius 3 is 2.82 bits per heavy atom. The Morgan fingerprint density at radius 1 is 1.55 bits per heavy atom. The standard InChI is InChI=1S/C6H17N5/c7-2-1-6(8)5-10-3-4-11(6)9/h10H,1-5,7-9H2. The van der Waals surface area contributed by atoms with Gasteiger partial charge >= 0.3 is 0 Å². The van der Waals surface area contributed by atoms with Gasteiger partial charge in [0.15, 0.2) is 0 Å². The zero-order valence-corrected chi connectivity index (χ0v) is 6.71. The third kappa shape index (κ3) is 1.88. The molecule has 0 aromatic rings. The van der Waals surface area contributed by atoms with E-state index < -0.39 is 5.66 Å². The summed E-state index contributed by atoms with van der Waals surface area (Å²) in [4.78, 5) is 0. The minimum Gasteiger partial charge on any atom is -0.330 e. The zero-order chi connectivity index (χ0) is 8.32. The quantitative estimate of drug-likeness (QED) is 0.342. The minimum absolute atomic E-state index is 0.437. The smallest absolute Gasteiger partial charge is 0.0956 e. The van der Waals surface area contributed by atoms with E-state index in [1.807, 2.05) is 0 Å². The fraction of sp³-hybridized carbons (Fsp3) is 1.00. The molecule has 5 heteroatoms. The van der Waals surface area contributed by atoms with Gasteiger partial charge in [-0.3, -0.25) is 5.84 Å². The van der Waals surface area contributed by atoms with Crippen molar-refractivity contribution in [2.45, 2.75) is 12.1 Å². The van der Waals surface area contributed by atoms with Gasteiger partial charge in [0.05, 0.1) is 5.66 Å². The summed E-state index contributed by atoms with van der Waals surface area (Å²) >= 11 is 0. The summed E-state index contributed by atoms with van der Waals surface area (Å²) in [5.41, 5.74) is 11.0. The molecule has 0 amide bonds. The van der Waals surface area contributed by atoms with E-state index in [1.54, 1.807) is 5.01 Å². The van der Waals surface area contributed by atoms with Crippen LogP contribution >= 0.6 is 0 Å². The number of hydrazine groups is 1. The molecular formula is C6H17N5. The molecule has 7 N–H and O–H groups in total. The summed E-state index contributed by atoms with van der Waals surface area (Å²) in [5, 5.41) is 4.87. The van der Waals surface area contributed by atoms with Crippen molar-refractivity contribution in [3.8, 4) is 0 Å². The van der Waals surface area contributed by atoms with Crippen LogP contribution in [0.1, 0.15) is 6.42 Å². The number of piperazine rings is 1. The second-order valence-corrected chi connectivity index (χ2v) is 3.01. The van der Waals surface area contributed by atoms with E-state index in [1.165, 1.54) is 0 Å². The number of rotatable bonds is 2. The van der Waals surface area contributed by atoms with Gasteiger partial charge in [0.25, 0.3) is 0 Å². The fourth-order valence-corrected chi connectivity index (χ4v) is 1.31. The Morgan fingerprint density at radius 2 is 2.27 bits per heavy atom. The molecule has 0 saturated carbocycles. The lowest BCUT2D eigenvalue weighted by Gasteiger charge is -2.41. The summed E-state index contributed by atoms with van der Waals surface area (Å²) in [6, 6.07) is 0. The molecule has 1 saturated heterocycles. The Labute approximate surface area is 66.9 Å². The Bertz CT molecular complexity index is 124. The largest absolute Gasteiger partial charge is 0.330 e. The lowest BCUT2D eigenvalue weighted by Crippen LogP contribution is -2.69. The normalized spacial score (nSPS) is 34.1. The first kappa shape index (κ1) is 8.89. The molecule has 1 atom stereocenters. The molecule has 1 heterocycles. The van der Waals surface area contributed by atoms with Gasteiger partial charge in [-0.2, -0.15) is 0 Å². The molecule has 0 aromatic carbocycles. The summed E-state index contributed by atoms with van der Waals surface area (Å²) < 4.78 is 0. The Hall–Kier alpha value is -0.200. The second kappa shape index (κ2) is 3.46. The average molecular weight is 159 g/mol. The Balaban J connectivity index is 2.49. The van der Waals surface area contributed by atoms with Crippen molar-refractivity contribution in [2.75, 3.05) is 26.2 Å². The van der Waals surface area contributed by atoms with Crippen LogP contribution < -0.4 is 22.6 Å². The van der Waals surface area contributed by atoms with Gasteiger partial charge in [0.2, 0.25) is 0 Å². The highest BCUT2D eigenvalue weighted by Crippen LogP contribution is 2.09. The topological polar surface area (TPSA) is 93.3 Å². The highest BCUT2D eigenvalue weighted by molar-refractivity contribution is 4.88. The molecule has 5 nitrogen and oxygen atoms in total. The number of nitrogens with zero attached hydrogens (tertiary/aromatic N) is 1. The molecule has 11 heavy (non-hydrogen) atoms. The van der Waals surface area contributed by atoms with E-state index in [2.05, 4.69) is 5.32 Å². The van der Waals surface area contributed by atoms with E-state index in [4.69, 9.17) is 17.3 Å². The monoisotopic (exact) mass is 159 g/mol. The summed E-state index contributed by atoms with van der Waals surface area (Å²) in [5.74, 6) is 5.71. The molecule has 0 aliphatic carbocycles. The van der Waals surface area contributed by atoms with Crippen LogP contribution in [0.4, 0.5) is 0 Å². The molecule has 1 aliphatic heterocycles. The predicted molar refractivity (Wildman–Crippen MR) is 44.4 cm³/mol. The number of hydrogen-bond donors (Lipinski definition) is 4. The Kier molecular flexibility index (Phi) is 2.80. The summed E-state index contributed by atoms with van der Waals surface area (Å²) in [6.45, 7) is 2.99. The van der Waals surface area contributed by atoms with E-state index >= 15 is 0 Å². The third-order valence-electron chi connectivity index (χ3n) is 2.11. The molecule has 1 fully saturated rings. The number of nitrogens with one attached hydrogen (secondary N) is 1. The molecular weight excluding hydrogens is 142 g/mol. The van der Waals surface area contributed by atoms with Gasteiger partial charge in [0.1, 0.15) is 0 Å². The maximum Gasteiger partial charge on any atom is 0.0956 e. The van der Waals surface area contributed by atoms with Crippen molar-refractivity contribution in [3.63, 3.8) is 0 Å². The van der Waals surface area contributed by atoms with Crippen LogP contribution in [0, 0.1) is 0 Å². The first-order valence-electron chi connectivity index (χ1n) is 3.91.